The number of rotatable bonds is 3. The van der Waals surface area contributed by atoms with Gasteiger partial charge in [0.2, 0.25) is 0 Å². The Labute approximate surface area is 115 Å². The lowest BCUT2D eigenvalue weighted by Gasteiger charge is -2.03. The van der Waals surface area contributed by atoms with Crippen LogP contribution in [-0.4, -0.2) is 9.78 Å². The monoisotopic (exact) mass is 264 g/mol. The van der Waals surface area contributed by atoms with Gasteiger partial charge < -0.3 is 10.2 Å². The second-order valence-electron chi connectivity index (χ2n) is 4.34. The number of hydrogen-bond acceptors (Lipinski definition) is 4. The van der Waals surface area contributed by atoms with Gasteiger partial charge in [0, 0.05) is 0 Å². The number of nitrogens with zero attached hydrogens (tertiary/aromatic N) is 3. The summed E-state index contributed by atoms with van der Waals surface area (Å²) in [5, 5.41) is 13.6. The van der Waals surface area contributed by atoms with E-state index in [4.69, 9.17) is 10.2 Å². The fourth-order valence-corrected chi connectivity index (χ4v) is 2.05. The summed E-state index contributed by atoms with van der Waals surface area (Å²) in [6.45, 7) is 0.516. The molecule has 20 heavy (non-hydrogen) atoms. The predicted molar refractivity (Wildman–Crippen MR) is 74.6 cm³/mol. The van der Waals surface area contributed by atoms with E-state index in [0.717, 1.165) is 5.56 Å². The van der Waals surface area contributed by atoms with Crippen LogP contribution in [0, 0.1) is 11.3 Å². The van der Waals surface area contributed by atoms with Crippen LogP contribution in [0.4, 0.5) is 5.82 Å². The Balaban J connectivity index is 2.03. The van der Waals surface area contributed by atoms with Crippen molar-refractivity contribution in [3.05, 3.63) is 59.9 Å². The number of nitriles is 1. The molecule has 0 atom stereocenters. The molecule has 5 heteroatoms. The van der Waals surface area contributed by atoms with Crippen LogP contribution in [0.3, 0.4) is 0 Å². The molecule has 0 fully saturated rings. The summed E-state index contributed by atoms with van der Waals surface area (Å²) in [5.74, 6) is 0.891. The molecule has 0 saturated carbocycles. The molecule has 0 saturated heterocycles. The van der Waals surface area contributed by atoms with Crippen molar-refractivity contribution in [1.82, 2.24) is 9.78 Å². The third-order valence-corrected chi connectivity index (χ3v) is 3.03. The SMILES string of the molecule is N#Cc1c(-c2ccco2)nn(Cc2ccccc2)c1N. The first-order chi connectivity index (χ1) is 9.79. The second-order valence-corrected chi connectivity index (χ2v) is 4.34. The average molecular weight is 264 g/mol. The van der Waals surface area contributed by atoms with E-state index in [1.807, 2.05) is 30.3 Å². The molecule has 0 aliphatic carbocycles. The van der Waals surface area contributed by atoms with Gasteiger partial charge in [0.15, 0.2) is 5.76 Å². The number of nitrogens with two attached hydrogens (primary N) is 1. The summed E-state index contributed by atoms with van der Waals surface area (Å²) in [7, 11) is 0. The van der Waals surface area contributed by atoms with Crippen molar-refractivity contribution in [2.75, 3.05) is 5.73 Å². The molecule has 98 valence electrons. The molecule has 0 aliphatic rings. The Morgan fingerprint density at radius 3 is 2.65 bits per heavy atom. The minimum atomic E-state index is 0.343. The first kappa shape index (κ1) is 12.1. The zero-order chi connectivity index (χ0) is 13.9. The van der Waals surface area contributed by atoms with E-state index < -0.39 is 0 Å². The van der Waals surface area contributed by atoms with Crippen molar-refractivity contribution < 1.29 is 4.42 Å². The van der Waals surface area contributed by atoms with Crippen LogP contribution in [0.25, 0.3) is 11.5 Å². The van der Waals surface area contributed by atoms with Crippen LogP contribution in [0.15, 0.2) is 53.1 Å². The van der Waals surface area contributed by atoms with Crippen LogP contribution in [0.5, 0.6) is 0 Å². The topological polar surface area (TPSA) is 80.8 Å². The molecule has 2 aromatic heterocycles. The molecule has 0 unspecified atom stereocenters. The van der Waals surface area contributed by atoms with Crippen molar-refractivity contribution in [1.29, 1.82) is 5.26 Å². The van der Waals surface area contributed by atoms with Crippen LogP contribution in [0.2, 0.25) is 0 Å². The smallest absolute Gasteiger partial charge is 0.155 e. The van der Waals surface area contributed by atoms with Gasteiger partial charge in [-0.15, -0.1) is 0 Å². The summed E-state index contributed by atoms with van der Waals surface area (Å²) in [6, 6.07) is 15.4. The first-order valence-electron chi connectivity index (χ1n) is 6.14. The minimum absolute atomic E-state index is 0.343. The number of nitrogen functional groups attached to an aromatic ring is 1. The maximum Gasteiger partial charge on any atom is 0.155 e. The molecule has 5 nitrogen and oxygen atoms in total. The molecular weight excluding hydrogens is 252 g/mol. The molecule has 0 aliphatic heterocycles. The fraction of sp³-hybridized carbons (Fsp3) is 0.0667. The molecule has 0 spiro atoms. The summed E-state index contributed by atoms with van der Waals surface area (Å²) in [6.07, 6.45) is 1.54. The average Bonchev–Trinajstić information content (AvgIpc) is 3.09. The molecule has 0 amide bonds. The molecule has 2 heterocycles. The molecular formula is C15H12N4O. The minimum Gasteiger partial charge on any atom is -0.463 e. The molecule has 0 radical (unpaired) electrons. The number of aromatic nitrogens is 2. The molecule has 0 bridgehead atoms. The van der Waals surface area contributed by atoms with E-state index in [9.17, 15) is 5.26 Å². The highest BCUT2D eigenvalue weighted by molar-refractivity contribution is 5.69. The van der Waals surface area contributed by atoms with Gasteiger partial charge in [0.05, 0.1) is 12.8 Å². The quantitative estimate of drug-likeness (QED) is 0.788. The summed E-state index contributed by atoms with van der Waals surface area (Å²) in [4.78, 5) is 0. The van der Waals surface area contributed by atoms with Crippen molar-refractivity contribution in [3.8, 4) is 17.5 Å². The zero-order valence-corrected chi connectivity index (χ0v) is 10.7. The van der Waals surface area contributed by atoms with E-state index in [1.165, 1.54) is 0 Å². The van der Waals surface area contributed by atoms with Crippen LogP contribution < -0.4 is 5.73 Å². The number of anilines is 1. The summed E-state index contributed by atoms with van der Waals surface area (Å²) in [5.41, 5.74) is 7.89. The number of hydrogen-bond donors (Lipinski definition) is 1. The highest BCUT2D eigenvalue weighted by Gasteiger charge is 2.18. The lowest BCUT2D eigenvalue weighted by Crippen LogP contribution is -2.06. The highest BCUT2D eigenvalue weighted by Crippen LogP contribution is 2.27. The van der Waals surface area contributed by atoms with Crippen LogP contribution in [0.1, 0.15) is 11.1 Å². The fourth-order valence-electron chi connectivity index (χ4n) is 2.05. The number of furan rings is 1. The van der Waals surface area contributed by atoms with Gasteiger partial charge in [0.25, 0.3) is 0 Å². The second kappa shape index (κ2) is 4.94. The summed E-state index contributed by atoms with van der Waals surface area (Å²) < 4.78 is 6.91. The third-order valence-electron chi connectivity index (χ3n) is 3.03. The highest BCUT2D eigenvalue weighted by atomic mass is 16.3. The van der Waals surface area contributed by atoms with E-state index >= 15 is 0 Å². The molecule has 3 rings (SSSR count). The van der Waals surface area contributed by atoms with Gasteiger partial charge in [-0.3, -0.25) is 0 Å². The summed E-state index contributed by atoms with van der Waals surface area (Å²) >= 11 is 0. The van der Waals surface area contributed by atoms with Gasteiger partial charge in [-0.05, 0) is 17.7 Å². The van der Waals surface area contributed by atoms with E-state index in [-0.39, 0.29) is 0 Å². The maximum absolute atomic E-state index is 9.25. The Bertz CT molecular complexity index is 751. The normalized spacial score (nSPS) is 10.3. The maximum atomic E-state index is 9.25. The first-order valence-corrected chi connectivity index (χ1v) is 6.14. The Morgan fingerprint density at radius 2 is 2.00 bits per heavy atom. The predicted octanol–water partition coefficient (Wildman–Crippen LogP) is 2.65. The lowest BCUT2D eigenvalue weighted by atomic mass is 10.2. The lowest BCUT2D eigenvalue weighted by molar-refractivity contribution is 0.576. The third kappa shape index (κ3) is 2.04. The molecule has 2 N–H and O–H groups in total. The number of benzene rings is 1. The van der Waals surface area contributed by atoms with E-state index in [2.05, 4.69) is 11.2 Å². The van der Waals surface area contributed by atoms with Crippen molar-refractivity contribution >= 4 is 5.82 Å². The van der Waals surface area contributed by atoms with Crippen LogP contribution >= 0.6 is 0 Å². The Hall–Kier alpha value is -3.00. The van der Waals surface area contributed by atoms with Gasteiger partial charge in [-0.25, -0.2) is 4.68 Å². The van der Waals surface area contributed by atoms with Crippen molar-refractivity contribution in [3.63, 3.8) is 0 Å². The Kier molecular flexibility index (Phi) is 2.98. The zero-order valence-electron chi connectivity index (χ0n) is 10.7. The van der Waals surface area contributed by atoms with Gasteiger partial charge in [-0.1, -0.05) is 30.3 Å². The Morgan fingerprint density at radius 1 is 1.20 bits per heavy atom. The van der Waals surface area contributed by atoms with Crippen molar-refractivity contribution in [2.45, 2.75) is 6.54 Å². The van der Waals surface area contributed by atoms with E-state index in [1.54, 1.807) is 23.1 Å². The van der Waals surface area contributed by atoms with E-state index in [0.29, 0.717) is 29.4 Å². The van der Waals surface area contributed by atoms with Crippen LogP contribution in [-0.2, 0) is 6.54 Å². The van der Waals surface area contributed by atoms with Gasteiger partial charge in [0.1, 0.15) is 23.1 Å². The molecule has 3 aromatic rings. The van der Waals surface area contributed by atoms with Crippen molar-refractivity contribution in [2.24, 2.45) is 0 Å². The van der Waals surface area contributed by atoms with Gasteiger partial charge >= 0.3 is 0 Å². The van der Waals surface area contributed by atoms with Gasteiger partial charge in [-0.2, -0.15) is 10.4 Å². The standard InChI is InChI=1S/C15H12N4O/c16-9-12-14(13-7-4-8-20-13)18-19(15(12)17)10-11-5-2-1-3-6-11/h1-8H,10,17H2. The molecule has 1 aromatic carbocycles. The largest absolute Gasteiger partial charge is 0.463 e.